The van der Waals surface area contributed by atoms with Gasteiger partial charge in [-0.3, -0.25) is 10.1 Å². The fraction of sp³-hybridized carbons (Fsp3) is 0.500. The van der Waals surface area contributed by atoms with E-state index in [0.717, 1.165) is 4.47 Å². The fourth-order valence-electron chi connectivity index (χ4n) is 1.84. The number of esters is 1. The molecule has 0 amide bonds. The quantitative estimate of drug-likeness (QED) is 0.752. The summed E-state index contributed by atoms with van der Waals surface area (Å²) in [5.74, 6) is -0.312. The summed E-state index contributed by atoms with van der Waals surface area (Å²) in [4.78, 5) is 11.7. The summed E-state index contributed by atoms with van der Waals surface area (Å²) in [6.45, 7) is 1.05. The van der Waals surface area contributed by atoms with Crippen molar-refractivity contribution >= 4 is 21.9 Å². The number of rotatable bonds is 7. The van der Waals surface area contributed by atoms with Gasteiger partial charge in [0.2, 0.25) is 0 Å². The number of carbonyl (C=O) groups excluding carboxylic acids is 1. The van der Waals surface area contributed by atoms with Gasteiger partial charge in [0.15, 0.2) is 0 Å². The lowest BCUT2D eigenvalue weighted by Gasteiger charge is -2.20. The molecule has 0 spiro atoms. The molecule has 0 aromatic heterocycles. The van der Waals surface area contributed by atoms with E-state index < -0.39 is 18.6 Å². The molecular formula is C14H18BrF2NO3. The Labute approximate surface area is 130 Å². The molecule has 0 bridgehead atoms. The molecule has 0 aliphatic carbocycles. The fourth-order valence-corrected chi connectivity index (χ4v) is 2.24. The normalized spacial score (nSPS) is 12.6. The van der Waals surface area contributed by atoms with Crippen LogP contribution in [0.5, 0.6) is 5.75 Å². The Morgan fingerprint density at radius 2 is 2.05 bits per heavy atom. The van der Waals surface area contributed by atoms with E-state index in [0.29, 0.717) is 5.56 Å². The van der Waals surface area contributed by atoms with Gasteiger partial charge in [-0.2, -0.15) is 8.78 Å². The minimum atomic E-state index is -2.90. The highest BCUT2D eigenvalue weighted by molar-refractivity contribution is 9.10. The number of hydrogen-bond acceptors (Lipinski definition) is 4. The Kier molecular flexibility index (Phi) is 7.04. The molecule has 1 aromatic carbocycles. The van der Waals surface area contributed by atoms with Crippen molar-refractivity contribution in [2.75, 3.05) is 7.11 Å². The first kappa shape index (κ1) is 17.8. The second-order valence-corrected chi connectivity index (χ2v) is 5.67. The zero-order valence-corrected chi connectivity index (χ0v) is 13.6. The van der Waals surface area contributed by atoms with Crippen molar-refractivity contribution in [3.05, 3.63) is 28.2 Å². The van der Waals surface area contributed by atoms with Crippen LogP contribution in [0.4, 0.5) is 8.78 Å². The molecule has 0 saturated carbocycles. The summed E-state index contributed by atoms with van der Waals surface area (Å²) in [6, 6.07) is 4.21. The van der Waals surface area contributed by atoms with Crippen molar-refractivity contribution in [1.29, 1.82) is 0 Å². The molecule has 0 heterocycles. The van der Waals surface area contributed by atoms with E-state index in [-0.39, 0.29) is 18.2 Å². The van der Waals surface area contributed by atoms with Crippen molar-refractivity contribution in [2.24, 2.45) is 5.92 Å². The SMILES string of the molecule is COC(=O)C(NCc1cc(Br)ccc1OC(F)F)C(C)C. The highest BCUT2D eigenvalue weighted by Gasteiger charge is 2.23. The third-order valence-corrected chi connectivity index (χ3v) is 3.37. The van der Waals surface area contributed by atoms with Gasteiger partial charge in [-0.25, -0.2) is 0 Å². The first-order valence-corrected chi connectivity index (χ1v) is 7.19. The average Bonchev–Trinajstić information content (AvgIpc) is 2.40. The summed E-state index contributed by atoms with van der Waals surface area (Å²) in [7, 11) is 1.31. The van der Waals surface area contributed by atoms with E-state index in [1.54, 1.807) is 12.1 Å². The van der Waals surface area contributed by atoms with Crippen LogP contribution in [0.2, 0.25) is 0 Å². The standard InChI is InChI=1S/C14H18BrF2NO3/c1-8(2)12(13(19)20-3)18-7-9-6-10(15)4-5-11(9)21-14(16)17/h4-6,8,12,14,18H,7H2,1-3H3. The van der Waals surface area contributed by atoms with Gasteiger partial charge >= 0.3 is 12.6 Å². The van der Waals surface area contributed by atoms with Crippen molar-refractivity contribution in [3.63, 3.8) is 0 Å². The van der Waals surface area contributed by atoms with E-state index in [2.05, 4.69) is 26.0 Å². The Morgan fingerprint density at radius 3 is 2.57 bits per heavy atom. The number of hydrogen-bond donors (Lipinski definition) is 1. The van der Waals surface area contributed by atoms with Crippen molar-refractivity contribution in [2.45, 2.75) is 33.0 Å². The molecule has 0 radical (unpaired) electrons. The third kappa shape index (κ3) is 5.59. The second-order valence-electron chi connectivity index (χ2n) is 4.76. The Bertz CT molecular complexity index is 483. The topological polar surface area (TPSA) is 47.6 Å². The van der Waals surface area contributed by atoms with Crippen LogP contribution in [-0.4, -0.2) is 25.7 Å². The predicted molar refractivity (Wildman–Crippen MR) is 78.3 cm³/mol. The zero-order chi connectivity index (χ0) is 16.0. The maximum atomic E-state index is 12.4. The van der Waals surface area contributed by atoms with E-state index in [4.69, 9.17) is 4.74 Å². The predicted octanol–water partition coefficient (Wildman–Crippen LogP) is 3.34. The van der Waals surface area contributed by atoms with Gasteiger partial charge in [0.1, 0.15) is 11.8 Å². The number of benzene rings is 1. The largest absolute Gasteiger partial charge is 0.468 e. The molecule has 0 fully saturated rings. The van der Waals surface area contributed by atoms with Crippen LogP contribution in [0, 0.1) is 5.92 Å². The third-order valence-electron chi connectivity index (χ3n) is 2.87. The molecule has 21 heavy (non-hydrogen) atoms. The Morgan fingerprint density at radius 1 is 1.38 bits per heavy atom. The number of carbonyl (C=O) groups is 1. The van der Waals surface area contributed by atoms with Gasteiger partial charge < -0.3 is 9.47 Å². The van der Waals surface area contributed by atoms with E-state index in [9.17, 15) is 13.6 Å². The molecule has 1 aromatic rings. The molecule has 1 atom stereocenters. The first-order chi connectivity index (χ1) is 9.85. The van der Waals surface area contributed by atoms with Gasteiger partial charge in [0, 0.05) is 16.6 Å². The summed E-state index contributed by atoms with van der Waals surface area (Å²) in [5.41, 5.74) is 0.527. The smallest absolute Gasteiger partial charge is 0.387 e. The Hall–Kier alpha value is -1.21. The minimum Gasteiger partial charge on any atom is -0.468 e. The summed E-state index contributed by atoms with van der Waals surface area (Å²) < 4.78 is 34.7. The zero-order valence-electron chi connectivity index (χ0n) is 12.0. The molecule has 118 valence electrons. The number of alkyl halides is 2. The summed E-state index contributed by atoms with van der Waals surface area (Å²) >= 11 is 3.28. The second kappa shape index (κ2) is 8.29. The molecular weight excluding hydrogens is 348 g/mol. The molecule has 0 saturated heterocycles. The minimum absolute atomic E-state index is 0.00377. The van der Waals surface area contributed by atoms with Crippen LogP contribution in [0.1, 0.15) is 19.4 Å². The highest BCUT2D eigenvalue weighted by Crippen LogP contribution is 2.25. The number of halogens is 3. The molecule has 4 nitrogen and oxygen atoms in total. The van der Waals surface area contributed by atoms with Crippen molar-refractivity contribution in [3.8, 4) is 5.75 Å². The maximum Gasteiger partial charge on any atom is 0.387 e. The molecule has 1 unspecified atom stereocenters. The van der Waals surface area contributed by atoms with Crippen LogP contribution in [0.25, 0.3) is 0 Å². The van der Waals surface area contributed by atoms with Gasteiger partial charge in [-0.05, 0) is 24.1 Å². The van der Waals surface area contributed by atoms with E-state index >= 15 is 0 Å². The van der Waals surface area contributed by atoms with Crippen molar-refractivity contribution in [1.82, 2.24) is 5.32 Å². The highest BCUT2D eigenvalue weighted by atomic mass is 79.9. The van der Waals surface area contributed by atoms with Gasteiger partial charge in [0.25, 0.3) is 0 Å². The van der Waals surface area contributed by atoms with Crippen LogP contribution in [0.15, 0.2) is 22.7 Å². The van der Waals surface area contributed by atoms with Crippen molar-refractivity contribution < 1.29 is 23.0 Å². The average molecular weight is 366 g/mol. The maximum absolute atomic E-state index is 12.4. The Balaban J connectivity index is 2.85. The van der Waals surface area contributed by atoms with Gasteiger partial charge in [-0.15, -0.1) is 0 Å². The number of methoxy groups -OCH3 is 1. The van der Waals surface area contributed by atoms with Gasteiger partial charge in [-0.1, -0.05) is 29.8 Å². The lowest BCUT2D eigenvalue weighted by molar-refractivity contribution is -0.144. The summed E-state index contributed by atoms with van der Waals surface area (Å²) in [6.07, 6.45) is 0. The number of nitrogens with one attached hydrogen (secondary N) is 1. The van der Waals surface area contributed by atoms with E-state index in [1.165, 1.54) is 13.2 Å². The monoisotopic (exact) mass is 365 g/mol. The first-order valence-electron chi connectivity index (χ1n) is 6.39. The van der Waals surface area contributed by atoms with Crippen LogP contribution < -0.4 is 10.1 Å². The molecule has 7 heteroatoms. The van der Waals surface area contributed by atoms with Gasteiger partial charge in [0.05, 0.1) is 7.11 Å². The van der Waals surface area contributed by atoms with Crippen LogP contribution in [0.3, 0.4) is 0 Å². The molecule has 0 aliphatic heterocycles. The van der Waals surface area contributed by atoms with E-state index in [1.807, 2.05) is 13.8 Å². The summed E-state index contributed by atoms with van der Waals surface area (Å²) in [5, 5.41) is 3.01. The molecule has 1 N–H and O–H groups in total. The molecule has 0 aliphatic rings. The molecule has 1 rings (SSSR count). The van der Waals surface area contributed by atoms with Crippen LogP contribution in [-0.2, 0) is 16.1 Å². The lowest BCUT2D eigenvalue weighted by atomic mass is 10.0. The number of ether oxygens (including phenoxy) is 2. The van der Waals surface area contributed by atoms with Crippen LogP contribution >= 0.6 is 15.9 Å². The lowest BCUT2D eigenvalue weighted by Crippen LogP contribution is -2.41.